The third-order valence-corrected chi connectivity index (χ3v) is 3.49. The second-order valence-corrected chi connectivity index (χ2v) is 5.01. The summed E-state index contributed by atoms with van der Waals surface area (Å²) < 4.78 is 5.80. The molecule has 1 aromatic rings. The number of rotatable bonds is 5. The Balaban J connectivity index is 3.16. The van der Waals surface area contributed by atoms with Crippen LogP contribution in [0.3, 0.4) is 0 Å². The van der Waals surface area contributed by atoms with Gasteiger partial charge in [0.25, 0.3) is 0 Å². The molecule has 0 N–H and O–H groups in total. The van der Waals surface area contributed by atoms with Crippen LogP contribution in [-0.4, -0.2) is 6.61 Å². The molecule has 1 aromatic carbocycles. The van der Waals surface area contributed by atoms with Crippen molar-refractivity contribution in [3.63, 3.8) is 0 Å². The first-order valence-electron chi connectivity index (χ1n) is 6.69. The molecule has 0 aliphatic carbocycles. The van der Waals surface area contributed by atoms with Gasteiger partial charge in [0, 0.05) is 6.42 Å². The Morgan fingerprint density at radius 3 is 2.50 bits per heavy atom. The normalized spacial score (nSPS) is 12.0. The monoisotopic (exact) mass is 244 g/mol. The number of aryl methyl sites for hydroxylation is 1. The maximum atomic E-state index is 5.80. The van der Waals surface area contributed by atoms with E-state index in [0.29, 0.717) is 5.92 Å². The SMILES string of the molecule is C#CCC(C)c1c(C)cc(OCCC)c(C)c1C. The van der Waals surface area contributed by atoms with Crippen LogP contribution < -0.4 is 4.74 Å². The zero-order valence-electron chi connectivity index (χ0n) is 12.3. The molecule has 0 radical (unpaired) electrons. The standard InChI is InChI=1S/C17H24O/c1-7-9-12(3)17-13(4)11-16(18-10-8-2)14(5)15(17)6/h1,11-12H,8-10H2,2-6H3. The number of hydrogen-bond acceptors (Lipinski definition) is 1. The lowest BCUT2D eigenvalue weighted by atomic mass is 9.87. The third kappa shape index (κ3) is 3.07. The summed E-state index contributed by atoms with van der Waals surface area (Å²) in [6.45, 7) is 11.5. The summed E-state index contributed by atoms with van der Waals surface area (Å²) in [5.74, 6) is 4.19. The minimum atomic E-state index is 0.411. The molecule has 0 aromatic heterocycles. The van der Waals surface area contributed by atoms with Gasteiger partial charge in [0.05, 0.1) is 6.61 Å². The fraction of sp³-hybridized carbons (Fsp3) is 0.529. The first-order valence-corrected chi connectivity index (χ1v) is 6.69. The van der Waals surface area contributed by atoms with E-state index in [2.05, 4.69) is 46.6 Å². The van der Waals surface area contributed by atoms with Crippen LogP contribution in [-0.2, 0) is 0 Å². The molecule has 0 aliphatic rings. The van der Waals surface area contributed by atoms with Crippen LogP contribution in [0.1, 0.15) is 54.9 Å². The van der Waals surface area contributed by atoms with Crippen LogP contribution in [0.15, 0.2) is 6.07 Å². The van der Waals surface area contributed by atoms with Crippen molar-refractivity contribution in [3.8, 4) is 18.1 Å². The molecule has 0 bridgehead atoms. The van der Waals surface area contributed by atoms with Gasteiger partial charge in [-0.2, -0.15) is 0 Å². The molecule has 98 valence electrons. The van der Waals surface area contributed by atoms with Crippen molar-refractivity contribution in [1.82, 2.24) is 0 Å². The highest BCUT2D eigenvalue weighted by molar-refractivity contribution is 5.49. The Kier molecular flexibility index (Phi) is 5.28. The molecule has 1 unspecified atom stereocenters. The molecular weight excluding hydrogens is 220 g/mol. The molecule has 1 rings (SSSR count). The maximum Gasteiger partial charge on any atom is 0.122 e. The van der Waals surface area contributed by atoms with E-state index < -0.39 is 0 Å². The van der Waals surface area contributed by atoms with Gasteiger partial charge in [-0.15, -0.1) is 12.3 Å². The summed E-state index contributed by atoms with van der Waals surface area (Å²) in [6, 6.07) is 2.15. The summed E-state index contributed by atoms with van der Waals surface area (Å²) in [5, 5.41) is 0. The summed E-state index contributed by atoms with van der Waals surface area (Å²) in [7, 11) is 0. The Hall–Kier alpha value is -1.42. The van der Waals surface area contributed by atoms with Crippen molar-refractivity contribution in [2.45, 2.75) is 53.4 Å². The molecule has 0 heterocycles. The minimum Gasteiger partial charge on any atom is -0.493 e. The Labute approximate surface area is 112 Å². The maximum absolute atomic E-state index is 5.80. The first-order chi connectivity index (χ1) is 8.52. The van der Waals surface area contributed by atoms with E-state index in [-0.39, 0.29) is 0 Å². The summed E-state index contributed by atoms with van der Waals surface area (Å²) in [6.07, 6.45) is 7.25. The van der Waals surface area contributed by atoms with Crippen LogP contribution in [0.25, 0.3) is 0 Å². The molecule has 1 nitrogen and oxygen atoms in total. The first kappa shape index (κ1) is 14.6. The van der Waals surface area contributed by atoms with Gasteiger partial charge in [-0.3, -0.25) is 0 Å². The number of ether oxygens (including phenoxy) is 1. The van der Waals surface area contributed by atoms with E-state index >= 15 is 0 Å². The van der Waals surface area contributed by atoms with Crippen molar-refractivity contribution >= 4 is 0 Å². The molecule has 0 fully saturated rings. The van der Waals surface area contributed by atoms with E-state index in [4.69, 9.17) is 11.2 Å². The second-order valence-electron chi connectivity index (χ2n) is 5.01. The van der Waals surface area contributed by atoms with E-state index in [0.717, 1.165) is 25.2 Å². The quantitative estimate of drug-likeness (QED) is 0.692. The van der Waals surface area contributed by atoms with Crippen molar-refractivity contribution in [3.05, 3.63) is 28.3 Å². The van der Waals surface area contributed by atoms with Crippen molar-refractivity contribution in [2.24, 2.45) is 0 Å². The van der Waals surface area contributed by atoms with Crippen LogP contribution in [0.2, 0.25) is 0 Å². The van der Waals surface area contributed by atoms with Gasteiger partial charge in [-0.1, -0.05) is 13.8 Å². The van der Waals surface area contributed by atoms with E-state index in [1.54, 1.807) is 0 Å². The van der Waals surface area contributed by atoms with Crippen molar-refractivity contribution in [2.75, 3.05) is 6.61 Å². The lowest BCUT2D eigenvalue weighted by Crippen LogP contribution is -2.05. The highest BCUT2D eigenvalue weighted by atomic mass is 16.5. The number of benzene rings is 1. The fourth-order valence-electron chi connectivity index (χ4n) is 2.46. The Bertz CT molecular complexity index is 452. The summed E-state index contributed by atoms with van der Waals surface area (Å²) in [5.41, 5.74) is 5.23. The zero-order chi connectivity index (χ0) is 13.7. The highest BCUT2D eigenvalue weighted by Crippen LogP contribution is 2.33. The van der Waals surface area contributed by atoms with Gasteiger partial charge in [-0.25, -0.2) is 0 Å². The third-order valence-electron chi connectivity index (χ3n) is 3.49. The molecule has 0 spiro atoms. The topological polar surface area (TPSA) is 9.23 Å². The van der Waals surface area contributed by atoms with Gasteiger partial charge < -0.3 is 4.74 Å². The minimum absolute atomic E-state index is 0.411. The zero-order valence-corrected chi connectivity index (χ0v) is 12.3. The molecule has 1 atom stereocenters. The summed E-state index contributed by atoms with van der Waals surface area (Å²) >= 11 is 0. The fourth-order valence-corrected chi connectivity index (χ4v) is 2.46. The van der Waals surface area contributed by atoms with Crippen molar-refractivity contribution in [1.29, 1.82) is 0 Å². The predicted octanol–water partition coefficient (Wildman–Crippen LogP) is 4.53. The molecule has 0 aliphatic heterocycles. The molecule has 18 heavy (non-hydrogen) atoms. The van der Waals surface area contributed by atoms with Crippen LogP contribution in [0.4, 0.5) is 0 Å². The molecule has 1 heteroatoms. The lowest BCUT2D eigenvalue weighted by Gasteiger charge is -2.20. The van der Waals surface area contributed by atoms with Gasteiger partial charge >= 0.3 is 0 Å². The number of terminal acetylenes is 1. The lowest BCUT2D eigenvalue weighted by molar-refractivity contribution is 0.314. The Morgan fingerprint density at radius 2 is 1.94 bits per heavy atom. The van der Waals surface area contributed by atoms with E-state index in [9.17, 15) is 0 Å². The van der Waals surface area contributed by atoms with Gasteiger partial charge in [0.15, 0.2) is 0 Å². The van der Waals surface area contributed by atoms with Crippen LogP contribution in [0.5, 0.6) is 5.75 Å². The summed E-state index contributed by atoms with van der Waals surface area (Å²) in [4.78, 5) is 0. The van der Waals surface area contributed by atoms with Gasteiger partial charge in [0.1, 0.15) is 5.75 Å². The molecular formula is C17H24O. The smallest absolute Gasteiger partial charge is 0.122 e. The molecule has 0 amide bonds. The molecule has 0 saturated heterocycles. The van der Waals surface area contributed by atoms with Gasteiger partial charge in [-0.05, 0) is 61.4 Å². The van der Waals surface area contributed by atoms with E-state index in [1.807, 2.05) is 0 Å². The average molecular weight is 244 g/mol. The highest BCUT2D eigenvalue weighted by Gasteiger charge is 2.15. The van der Waals surface area contributed by atoms with Crippen LogP contribution in [0, 0.1) is 33.1 Å². The number of hydrogen-bond donors (Lipinski definition) is 0. The van der Waals surface area contributed by atoms with Crippen LogP contribution >= 0.6 is 0 Å². The van der Waals surface area contributed by atoms with Crippen molar-refractivity contribution < 1.29 is 4.74 Å². The second kappa shape index (κ2) is 6.50. The largest absolute Gasteiger partial charge is 0.493 e. The predicted molar refractivity (Wildman–Crippen MR) is 78.3 cm³/mol. The molecule has 0 saturated carbocycles. The van der Waals surface area contributed by atoms with Gasteiger partial charge in [0.2, 0.25) is 0 Å². The van der Waals surface area contributed by atoms with E-state index in [1.165, 1.54) is 22.3 Å². The Morgan fingerprint density at radius 1 is 1.28 bits per heavy atom. The average Bonchev–Trinajstić information content (AvgIpc) is 2.32.